The van der Waals surface area contributed by atoms with Crippen LogP contribution in [0.4, 0.5) is 4.39 Å². The minimum atomic E-state index is -0.0978. The lowest BCUT2D eigenvalue weighted by Crippen LogP contribution is -2.07. The summed E-state index contributed by atoms with van der Waals surface area (Å²) in [5.41, 5.74) is 2.47. The lowest BCUT2D eigenvalue weighted by Gasteiger charge is -2.16. The van der Waals surface area contributed by atoms with E-state index < -0.39 is 0 Å². The summed E-state index contributed by atoms with van der Waals surface area (Å²) in [4.78, 5) is 4.22. The van der Waals surface area contributed by atoms with Gasteiger partial charge in [-0.2, -0.15) is 0 Å². The average Bonchev–Trinajstić information content (AvgIpc) is 2.15. The molecule has 0 aromatic carbocycles. The Hall–Kier alpha value is -0.920. The number of nitrogens with zero attached hydrogens (tertiary/aromatic N) is 1. The molecule has 0 fully saturated rings. The van der Waals surface area contributed by atoms with Gasteiger partial charge in [0.25, 0.3) is 0 Å². The third-order valence-electron chi connectivity index (χ3n) is 2.67. The minimum Gasteiger partial charge on any atom is -0.258 e. The van der Waals surface area contributed by atoms with Crippen molar-refractivity contribution in [1.82, 2.24) is 4.98 Å². The van der Waals surface area contributed by atoms with Gasteiger partial charge in [0.1, 0.15) is 5.82 Å². The Kier molecular flexibility index (Phi) is 3.83. The second-order valence-corrected chi connectivity index (χ2v) is 4.56. The lowest BCUT2D eigenvalue weighted by molar-refractivity contribution is 0.555. The van der Waals surface area contributed by atoms with Gasteiger partial charge in [-0.25, -0.2) is 4.39 Å². The molecule has 0 bridgehead atoms. The summed E-state index contributed by atoms with van der Waals surface area (Å²) in [6, 6.07) is 0. The lowest BCUT2D eigenvalue weighted by atomic mass is 9.94. The van der Waals surface area contributed by atoms with Crippen LogP contribution in [0.1, 0.15) is 63.3 Å². The first-order valence-electron chi connectivity index (χ1n) is 5.66. The Bertz CT molecular complexity index is 343. The van der Waals surface area contributed by atoms with Gasteiger partial charge < -0.3 is 0 Å². The minimum absolute atomic E-state index is 0.0978. The number of hydrogen-bond acceptors (Lipinski definition) is 1. The van der Waals surface area contributed by atoms with E-state index in [2.05, 4.69) is 4.98 Å². The van der Waals surface area contributed by atoms with Crippen molar-refractivity contribution in [2.24, 2.45) is 0 Å². The summed E-state index contributed by atoms with van der Waals surface area (Å²) < 4.78 is 14.2. The van der Waals surface area contributed by atoms with Crippen LogP contribution in [-0.4, -0.2) is 4.98 Å². The Labute approximate surface area is 91.7 Å². The van der Waals surface area contributed by atoms with Crippen LogP contribution in [0.3, 0.4) is 0 Å². The molecular formula is C13H20FN. The van der Waals surface area contributed by atoms with Crippen molar-refractivity contribution < 1.29 is 4.39 Å². The zero-order valence-corrected chi connectivity index (χ0v) is 10.3. The molecule has 15 heavy (non-hydrogen) atoms. The van der Waals surface area contributed by atoms with Gasteiger partial charge in [-0.1, -0.05) is 34.6 Å². The molecule has 1 nitrogen and oxygen atoms in total. The second-order valence-electron chi connectivity index (χ2n) is 4.56. The van der Waals surface area contributed by atoms with Crippen molar-refractivity contribution in [2.45, 2.75) is 52.9 Å². The van der Waals surface area contributed by atoms with E-state index in [1.165, 1.54) is 0 Å². The largest absolute Gasteiger partial charge is 0.258 e. The van der Waals surface area contributed by atoms with Crippen molar-refractivity contribution in [1.29, 1.82) is 0 Å². The molecule has 0 atom stereocenters. The molecule has 0 N–H and O–H groups in total. The third kappa shape index (κ3) is 2.36. The number of aryl methyl sites for hydroxylation is 1. The highest BCUT2D eigenvalue weighted by atomic mass is 19.1. The summed E-state index contributed by atoms with van der Waals surface area (Å²) >= 11 is 0. The molecule has 0 aliphatic rings. The Morgan fingerprint density at radius 1 is 1.20 bits per heavy atom. The van der Waals surface area contributed by atoms with Gasteiger partial charge >= 0.3 is 0 Å². The maximum atomic E-state index is 14.2. The zero-order valence-electron chi connectivity index (χ0n) is 10.3. The summed E-state index contributed by atoms with van der Waals surface area (Å²) in [6.45, 7) is 10.0. The highest BCUT2D eigenvalue weighted by Crippen LogP contribution is 2.27. The molecule has 84 valence electrons. The van der Waals surface area contributed by atoms with Crippen LogP contribution >= 0.6 is 0 Å². The van der Waals surface area contributed by atoms with Gasteiger partial charge in [-0.15, -0.1) is 0 Å². The average molecular weight is 209 g/mol. The summed E-state index contributed by atoms with van der Waals surface area (Å²) in [7, 11) is 0. The highest BCUT2D eigenvalue weighted by Gasteiger charge is 2.18. The first kappa shape index (κ1) is 12.2. The van der Waals surface area contributed by atoms with Crippen molar-refractivity contribution in [3.63, 3.8) is 0 Å². The number of aromatic nitrogens is 1. The first-order valence-corrected chi connectivity index (χ1v) is 5.66. The van der Waals surface area contributed by atoms with Crippen LogP contribution in [0.15, 0.2) is 6.20 Å². The topological polar surface area (TPSA) is 12.9 Å². The van der Waals surface area contributed by atoms with E-state index >= 15 is 0 Å². The van der Waals surface area contributed by atoms with Gasteiger partial charge in [-0.05, 0) is 29.4 Å². The number of rotatable bonds is 3. The van der Waals surface area contributed by atoms with Crippen molar-refractivity contribution >= 4 is 0 Å². The number of hydrogen-bond donors (Lipinski definition) is 0. The quantitative estimate of drug-likeness (QED) is 0.732. The van der Waals surface area contributed by atoms with Crippen LogP contribution in [0.2, 0.25) is 0 Å². The summed E-state index contributed by atoms with van der Waals surface area (Å²) in [5.74, 6) is 0.271. The molecule has 1 aromatic heterocycles. The molecule has 0 saturated carbocycles. The van der Waals surface area contributed by atoms with Crippen molar-refractivity contribution in [2.75, 3.05) is 0 Å². The number of pyridine rings is 1. The van der Waals surface area contributed by atoms with E-state index in [1.54, 1.807) is 0 Å². The summed E-state index contributed by atoms with van der Waals surface area (Å²) in [5, 5.41) is 0. The molecule has 0 spiro atoms. The van der Waals surface area contributed by atoms with E-state index in [-0.39, 0.29) is 17.7 Å². The Morgan fingerprint density at radius 3 is 2.20 bits per heavy atom. The maximum absolute atomic E-state index is 14.2. The van der Waals surface area contributed by atoms with Crippen molar-refractivity contribution in [3.8, 4) is 0 Å². The standard InChI is InChI=1S/C13H20FN/c1-6-10-7-15-13(9(4)5)12(14)11(10)8(2)3/h7-9H,6H2,1-5H3. The molecule has 0 aliphatic carbocycles. The van der Waals surface area contributed by atoms with Crippen LogP contribution in [0, 0.1) is 5.82 Å². The normalized spacial score (nSPS) is 11.5. The third-order valence-corrected chi connectivity index (χ3v) is 2.67. The smallest absolute Gasteiger partial charge is 0.148 e. The van der Waals surface area contributed by atoms with Gasteiger partial charge in [0.2, 0.25) is 0 Å². The van der Waals surface area contributed by atoms with E-state index in [0.717, 1.165) is 17.5 Å². The van der Waals surface area contributed by atoms with E-state index in [4.69, 9.17) is 0 Å². The van der Waals surface area contributed by atoms with E-state index in [0.29, 0.717) is 5.69 Å². The van der Waals surface area contributed by atoms with Crippen LogP contribution in [-0.2, 0) is 6.42 Å². The highest BCUT2D eigenvalue weighted by molar-refractivity contribution is 5.32. The van der Waals surface area contributed by atoms with Crippen LogP contribution < -0.4 is 0 Å². The molecule has 0 radical (unpaired) electrons. The van der Waals surface area contributed by atoms with E-state index in [9.17, 15) is 4.39 Å². The van der Waals surface area contributed by atoms with Gasteiger partial charge in [-0.3, -0.25) is 4.98 Å². The fourth-order valence-electron chi connectivity index (χ4n) is 1.86. The molecule has 0 amide bonds. The fourth-order valence-corrected chi connectivity index (χ4v) is 1.86. The van der Waals surface area contributed by atoms with Gasteiger partial charge in [0.05, 0.1) is 5.69 Å². The second kappa shape index (κ2) is 4.73. The number of halogens is 1. The molecule has 2 heteroatoms. The first-order chi connectivity index (χ1) is 6.99. The van der Waals surface area contributed by atoms with Crippen molar-refractivity contribution in [3.05, 3.63) is 28.8 Å². The van der Waals surface area contributed by atoms with Crippen LogP contribution in [0.5, 0.6) is 0 Å². The molecule has 0 aliphatic heterocycles. The van der Waals surface area contributed by atoms with Gasteiger partial charge in [0.15, 0.2) is 0 Å². The Morgan fingerprint density at radius 2 is 1.80 bits per heavy atom. The molecule has 1 aromatic rings. The molecular weight excluding hydrogens is 189 g/mol. The predicted molar refractivity (Wildman–Crippen MR) is 61.8 cm³/mol. The predicted octanol–water partition coefficient (Wildman–Crippen LogP) is 4.03. The molecule has 0 unspecified atom stereocenters. The SMILES string of the molecule is CCc1cnc(C(C)C)c(F)c1C(C)C. The molecule has 0 saturated heterocycles. The zero-order chi connectivity index (χ0) is 11.6. The Balaban J connectivity index is 3.36. The summed E-state index contributed by atoms with van der Waals surface area (Å²) in [6.07, 6.45) is 2.67. The van der Waals surface area contributed by atoms with E-state index in [1.807, 2.05) is 40.8 Å². The van der Waals surface area contributed by atoms with Gasteiger partial charge in [0, 0.05) is 6.20 Å². The fraction of sp³-hybridized carbons (Fsp3) is 0.615. The molecule has 1 rings (SSSR count). The molecule has 1 heterocycles. The maximum Gasteiger partial charge on any atom is 0.148 e. The van der Waals surface area contributed by atoms with Crippen LogP contribution in [0.25, 0.3) is 0 Å². The monoisotopic (exact) mass is 209 g/mol.